The van der Waals surface area contributed by atoms with E-state index in [1.165, 1.54) is 0 Å². The van der Waals surface area contributed by atoms with Gasteiger partial charge in [0.1, 0.15) is 0 Å². The average Bonchev–Trinajstić information content (AvgIpc) is 2.89. The number of likely N-dealkylation sites (tertiary alicyclic amines) is 1. The third kappa shape index (κ3) is 3.61. The van der Waals surface area contributed by atoms with Gasteiger partial charge in [0.05, 0.1) is 18.2 Å². The molecule has 2 aliphatic heterocycles. The average molecular weight is 334 g/mol. The number of ether oxygens (including phenoxy) is 1. The molecule has 0 bridgehead atoms. The molecule has 0 aliphatic carbocycles. The van der Waals surface area contributed by atoms with Gasteiger partial charge in [-0.1, -0.05) is 0 Å². The third-order valence-corrected chi connectivity index (χ3v) is 4.75. The Bertz CT molecular complexity index is 613. The van der Waals surface area contributed by atoms with E-state index in [-0.39, 0.29) is 17.8 Å². The molecule has 1 aromatic rings. The molecule has 24 heavy (non-hydrogen) atoms. The molecule has 0 N–H and O–H groups in total. The molecular formula is C17H26N4O3. The summed E-state index contributed by atoms with van der Waals surface area (Å²) in [6.07, 6.45) is 2.64. The standard InChI is InChI=1S/C17H26N4O3/c1-3-24-17(23)13-6-4-8-20(11-13)16(22)15-10-14-12-19(2)7-5-9-21(14)18-15/h10,13H,3-9,11-12H2,1-2H3/t13-/m1/s1. The zero-order valence-electron chi connectivity index (χ0n) is 14.5. The van der Waals surface area contributed by atoms with Gasteiger partial charge in [0.15, 0.2) is 5.69 Å². The first kappa shape index (κ1) is 17.0. The van der Waals surface area contributed by atoms with E-state index in [9.17, 15) is 9.59 Å². The van der Waals surface area contributed by atoms with Crippen molar-refractivity contribution in [3.63, 3.8) is 0 Å². The lowest BCUT2D eigenvalue weighted by Crippen LogP contribution is -2.43. The largest absolute Gasteiger partial charge is 0.466 e. The van der Waals surface area contributed by atoms with E-state index >= 15 is 0 Å². The van der Waals surface area contributed by atoms with E-state index in [0.717, 1.165) is 44.6 Å². The van der Waals surface area contributed by atoms with Crippen LogP contribution in [-0.2, 0) is 22.6 Å². The van der Waals surface area contributed by atoms with Gasteiger partial charge in [0, 0.05) is 32.7 Å². The molecule has 7 heteroatoms. The lowest BCUT2D eigenvalue weighted by molar-refractivity contribution is -0.149. The maximum atomic E-state index is 12.8. The van der Waals surface area contributed by atoms with Gasteiger partial charge in [-0.3, -0.25) is 14.3 Å². The number of piperidine rings is 1. The Kier molecular flexibility index (Phi) is 5.18. The van der Waals surface area contributed by atoms with Crippen LogP contribution in [0.15, 0.2) is 6.07 Å². The molecule has 1 fully saturated rings. The maximum absolute atomic E-state index is 12.8. The number of carbonyl (C=O) groups excluding carboxylic acids is 2. The summed E-state index contributed by atoms with van der Waals surface area (Å²) >= 11 is 0. The van der Waals surface area contributed by atoms with E-state index < -0.39 is 0 Å². The summed E-state index contributed by atoms with van der Waals surface area (Å²) in [7, 11) is 2.08. The normalized spacial score (nSPS) is 21.9. The minimum Gasteiger partial charge on any atom is -0.466 e. The first-order chi connectivity index (χ1) is 11.6. The summed E-state index contributed by atoms with van der Waals surface area (Å²) in [6, 6.07) is 1.90. The Morgan fingerprint density at radius 3 is 2.92 bits per heavy atom. The molecule has 1 atom stereocenters. The zero-order valence-corrected chi connectivity index (χ0v) is 14.5. The second kappa shape index (κ2) is 7.34. The van der Waals surface area contributed by atoms with Crippen molar-refractivity contribution < 1.29 is 14.3 Å². The topological polar surface area (TPSA) is 67.7 Å². The maximum Gasteiger partial charge on any atom is 0.310 e. The van der Waals surface area contributed by atoms with Crippen LogP contribution in [0.4, 0.5) is 0 Å². The highest BCUT2D eigenvalue weighted by Crippen LogP contribution is 2.21. The second-order valence-electron chi connectivity index (χ2n) is 6.68. The molecule has 0 aromatic carbocycles. The minimum absolute atomic E-state index is 0.0766. The van der Waals surface area contributed by atoms with Crippen LogP contribution < -0.4 is 0 Å². The molecule has 0 unspecified atom stereocenters. The summed E-state index contributed by atoms with van der Waals surface area (Å²) in [6.45, 7) is 5.99. The number of fused-ring (bicyclic) bond motifs is 1. The summed E-state index contributed by atoms with van der Waals surface area (Å²) in [4.78, 5) is 28.7. The molecule has 0 radical (unpaired) electrons. The van der Waals surface area contributed by atoms with Crippen molar-refractivity contribution in [1.82, 2.24) is 19.6 Å². The predicted molar refractivity (Wildman–Crippen MR) is 88.4 cm³/mol. The number of amides is 1. The number of aromatic nitrogens is 2. The number of carbonyl (C=O) groups is 2. The summed E-state index contributed by atoms with van der Waals surface area (Å²) in [5.41, 5.74) is 1.57. The van der Waals surface area contributed by atoms with E-state index in [0.29, 0.717) is 25.4 Å². The monoisotopic (exact) mass is 334 g/mol. The van der Waals surface area contributed by atoms with Crippen LogP contribution in [0.2, 0.25) is 0 Å². The molecule has 0 spiro atoms. The summed E-state index contributed by atoms with van der Waals surface area (Å²) in [5, 5.41) is 4.51. The predicted octanol–water partition coefficient (Wildman–Crippen LogP) is 1.13. The summed E-state index contributed by atoms with van der Waals surface area (Å²) < 4.78 is 7.05. The summed E-state index contributed by atoms with van der Waals surface area (Å²) in [5.74, 6) is -0.487. The molecule has 3 rings (SSSR count). The number of rotatable bonds is 3. The lowest BCUT2D eigenvalue weighted by atomic mass is 9.98. The molecule has 1 aromatic heterocycles. The number of esters is 1. The van der Waals surface area contributed by atoms with Crippen molar-refractivity contribution in [2.45, 2.75) is 39.3 Å². The van der Waals surface area contributed by atoms with Gasteiger partial charge < -0.3 is 14.5 Å². The number of aryl methyl sites for hydroxylation is 1. The van der Waals surface area contributed by atoms with Gasteiger partial charge in [-0.15, -0.1) is 0 Å². The molecule has 0 saturated carbocycles. The van der Waals surface area contributed by atoms with Crippen molar-refractivity contribution in [2.75, 3.05) is 33.3 Å². The van der Waals surface area contributed by atoms with Crippen LogP contribution in [0.5, 0.6) is 0 Å². The van der Waals surface area contributed by atoms with Crippen molar-refractivity contribution in [3.8, 4) is 0 Å². The SMILES string of the molecule is CCOC(=O)[C@@H]1CCCN(C(=O)c2cc3n(n2)CCCN(C)C3)C1. The van der Waals surface area contributed by atoms with Crippen molar-refractivity contribution >= 4 is 11.9 Å². The van der Waals surface area contributed by atoms with E-state index in [2.05, 4.69) is 17.0 Å². The number of nitrogens with zero attached hydrogens (tertiary/aromatic N) is 4. The van der Waals surface area contributed by atoms with Crippen molar-refractivity contribution in [2.24, 2.45) is 5.92 Å². The van der Waals surface area contributed by atoms with Crippen LogP contribution in [0.1, 0.15) is 42.4 Å². The highest BCUT2D eigenvalue weighted by molar-refractivity contribution is 5.92. The van der Waals surface area contributed by atoms with Crippen LogP contribution in [0.3, 0.4) is 0 Å². The van der Waals surface area contributed by atoms with Gasteiger partial charge >= 0.3 is 5.97 Å². The Labute approximate surface area is 142 Å². The minimum atomic E-state index is -0.214. The highest BCUT2D eigenvalue weighted by atomic mass is 16.5. The third-order valence-electron chi connectivity index (χ3n) is 4.75. The fourth-order valence-corrected chi connectivity index (χ4v) is 3.50. The molecule has 3 heterocycles. The zero-order chi connectivity index (χ0) is 17.1. The quantitative estimate of drug-likeness (QED) is 0.775. The van der Waals surface area contributed by atoms with Gasteiger partial charge in [0.2, 0.25) is 0 Å². The first-order valence-corrected chi connectivity index (χ1v) is 8.79. The molecule has 2 aliphatic rings. The molecular weight excluding hydrogens is 308 g/mol. The van der Waals surface area contributed by atoms with Gasteiger partial charge in [-0.05, 0) is 39.3 Å². The van der Waals surface area contributed by atoms with Crippen LogP contribution in [0, 0.1) is 5.92 Å². The number of hydrogen-bond acceptors (Lipinski definition) is 5. The highest BCUT2D eigenvalue weighted by Gasteiger charge is 2.31. The van der Waals surface area contributed by atoms with E-state index in [1.807, 2.05) is 10.7 Å². The first-order valence-electron chi connectivity index (χ1n) is 8.79. The van der Waals surface area contributed by atoms with E-state index in [4.69, 9.17) is 4.74 Å². The molecule has 1 saturated heterocycles. The van der Waals surface area contributed by atoms with Crippen LogP contribution in [0.25, 0.3) is 0 Å². The Balaban J connectivity index is 1.70. The molecule has 1 amide bonds. The van der Waals surface area contributed by atoms with Crippen molar-refractivity contribution in [3.05, 3.63) is 17.5 Å². The fraction of sp³-hybridized carbons (Fsp3) is 0.706. The van der Waals surface area contributed by atoms with Crippen LogP contribution >= 0.6 is 0 Å². The molecule has 7 nitrogen and oxygen atoms in total. The van der Waals surface area contributed by atoms with Gasteiger partial charge in [0.25, 0.3) is 5.91 Å². The molecule has 132 valence electrons. The fourth-order valence-electron chi connectivity index (χ4n) is 3.50. The van der Waals surface area contributed by atoms with Crippen LogP contribution in [-0.4, -0.2) is 64.7 Å². The van der Waals surface area contributed by atoms with Gasteiger partial charge in [-0.25, -0.2) is 0 Å². The Morgan fingerprint density at radius 2 is 2.12 bits per heavy atom. The smallest absolute Gasteiger partial charge is 0.310 e. The number of hydrogen-bond donors (Lipinski definition) is 0. The Hall–Kier alpha value is -1.89. The van der Waals surface area contributed by atoms with E-state index in [1.54, 1.807) is 11.8 Å². The van der Waals surface area contributed by atoms with Gasteiger partial charge in [-0.2, -0.15) is 5.10 Å². The Morgan fingerprint density at radius 1 is 1.29 bits per heavy atom. The lowest BCUT2D eigenvalue weighted by Gasteiger charge is -2.31. The second-order valence-corrected chi connectivity index (χ2v) is 6.68. The van der Waals surface area contributed by atoms with Crippen molar-refractivity contribution in [1.29, 1.82) is 0 Å².